The van der Waals surface area contributed by atoms with E-state index in [4.69, 9.17) is 9.47 Å². The van der Waals surface area contributed by atoms with Gasteiger partial charge in [0.15, 0.2) is 5.41 Å². The van der Waals surface area contributed by atoms with Crippen molar-refractivity contribution in [3.8, 4) is 0 Å². The lowest BCUT2D eigenvalue weighted by Gasteiger charge is -2.30. The second-order valence-corrected chi connectivity index (χ2v) is 8.96. The Kier molecular flexibility index (Phi) is 9.36. The van der Waals surface area contributed by atoms with Gasteiger partial charge in [0, 0.05) is 12.1 Å². The summed E-state index contributed by atoms with van der Waals surface area (Å²) in [5.74, 6) is -1.85. The smallest absolute Gasteiger partial charge is 0.411 e. The Balaban J connectivity index is 1.41. The largest absolute Gasteiger partial charge is 0.480 e. The first-order chi connectivity index (χ1) is 17.3. The Morgan fingerprint density at radius 1 is 1.03 bits per heavy atom. The number of anilines is 1. The van der Waals surface area contributed by atoms with Gasteiger partial charge in [0.1, 0.15) is 6.10 Å². The molecule has 0 heterocycles. The highest BCUT2D eigenvalue weighted by molar-refractivity contribution is 5.99. The van der Waals surface area contributed by atoms with Gasteiger partial charge in [-0.25, -0.2) is 9.59 Å². The molecular formula is C27H30N2O7. The van der Waals surface area contributed by atoms with E-state index in [0.717, 1.165) is 17.5 Å². The number of carboxylic acids is 1. The molecule has 1 aliphatic carbocycles. The summed E-state index contributed by atoms with van der Waals surface area (Å²) in [6.07, 6.45) is 4.14. The number of carboxylic acid groups (broad SMARTS) is 1. The summed E-state index contributed by atoms with van der Waals surface area (Å²) in [7, 11) is 0. The molecule has 0 bridgehead atoms. The Bertz CT molecular complexity index is 1100. The van der Waals surface area contributed by atoms with Gasteiger partial charge < -0.3 is 14.6 Å². The molecule has 0 aliphatic heterocycles. The van der Waals surface area contributed by atoms with Crippen molar-refractivity contribution in [2.45, 2.75) is 58.0 Å². The number of aliphatic imine (C=N–C) groups is 1. The van der Waals surface area contributed by atoms with Gasteiger partial charge in [0.2, 0.25) is 6.08 Å². The van der Waals surface area contributed by atoms with E-state index in [1.807, 2.05) is 24.3 Å². The number of rotatable bonds is 10. The fourth-order valence-electron chi connectivity index (χ4n) is 4.19. The Morgan fingerprint density at radius 2 is 1.64 bits per heavy atom. The fraction of sp³-hybridized carbons (Fsp3) is 0.407. The molecule has 36 heavy (non-hydrogen) atoms. The monoisotopic (exact) mass is 494 g/mol. The Hall–Kier alpha value is -3.97. The molecule has 1 unspecified atom stereocenters. The minimum Gasteiger partial charge on any atom is -0.480 e. The predicted molar refractivity (Wildman–Crippen MR) is 132 cm³/mol. The maximum Gasteiger partial charge on any atom is 0.411 e. The number of nitrogens with one attached hydrogen (secondary N) is 1. The molecular weight excluding hydrogens is 464 g/mol. The van der Waals surface area contributed by atoms with Crippen molar-refractivity contribution in [2.24, 2.45) is 10.4 Å². The molecule has 2 N–H and O–H groups in total. The van der Waals surface area contributed by atoms with Gasteiger partial charge in [-0.3, -0.25) is 14.9 Å². The normalized spacial score (nSPS) is 15.1. The Labute approximate surface area is 209 Å². The number of isocyanates is 1. The van der Waals surface area contributed by atoms with Crippen LogP contribution in [0.5, 0.6) is 0 Å². The van der Waals surface area contributed by atoms with Gasteiger partial charge in [-0.1, -0.05) is 43.5 Å². The van der Waals surface area contributed by atoms with Crippen molar-refractivity contribution < 1.29 is 33.8 Å². The van der Waals surface area contributed by atoms with Crippen molar-refractivity contribution in [1.82, 2.24) is 0 Å². The number of amides is 1. The van der Waals surface area contributed by atoms with Crippen LogP contribution in [0.2, 0.25) is 0 Å². The van der Waals surface area contributed by atoms with E-state index in [1.54, 1.807) is 31.2 Å². The maximum absolute atomic E-state index is 12.4. The molecule has 0 radical (unpaired) electrons. The minimum atomic E-state index is -1.46. The van der Waals surface area contributed by atoms with Crippen molar-refractivity contribution in [1.29, 1.82) is 0 Å². The molecule has 1 fully saturated rings. The number of benzene rings is 2. The summed E-state index contributed by atoms with van der Waals surface area (Å²) in [5, 5.41) is 12.2. The number of aliphatic carboxylic acids is 1. The first-order valence-electron chi connectivity index (χ1n) is 12.0. The third kappa shape index (κ3) is 7.26. The van der Waals surface area contributed by atoms with E-state index in [9.17, 15) is 24.3 Å². The quantitative estimate of drug-likeness (QED) is 0.202. The SMILES string of the molecule is CC(CCOC(=O)C1(C(=O)O)CCCCC1)OC(=O)Nc1ccc(Cc2ccc(N=C=O)cc2)cc1. The first kappa shape index (κ1) is 26.6. The van der Waals surface area contributed by atoms with Crippen LogP contribution < -0.4 is 5.32 Å². The molecule has 1 atom stereocenters. The average molecular weight is 495 g/mol. The van der Waals surface area contributed by atoms with Crippen LogP contribution >= 0.6 is 0 Å². The third-order valence-corrected chi connectivity index (χ3v) is 6.29. The van der Waals surface area contributed by atoms with Gasteiger partial charge in [-0.05, 0) is 61.6 Å². The standard InChI is InChI=1S/C27H30N2O7/c1-19(13-16-35-25(33)27(24(31)32)14-3-2-4-15-27)36-26(34)29-23-11-7-21(8-12-23)17-20-5-9-22(10-6-20)28-18-30/h5-12,19H,2-4,13-17H2,1H3,(H,29,34)(H,31,32). The second-order valence-electron chi connectivity index (χ2n) is 8.96. The highest BCUT2D eigenvalue weighted by Crippen LogP contribution is 2.37. The molecule has 3 rings (SSSR count). The summed E-state index contributed by atoms with van der Waals surface area (Å²) in [6, 6.07) is 14.6. The van der Waals surface area contributed by atoms with Gasteiger partial charge >= 0.3 is 18.0 Å². The van der Waals surface area contributed by atoms with E-state index in [0.29, 0.717) is 30.6 Å². The predicted octanol–water partition coefficient (Wildman–Crippen LogP) is 5.15. The molecule has 0 saturated heterocycles. The molecule has 1 saturated carbocycles. The lowest BCUT2D eigenvalue weighted by Crippen LogP contribution is -2.42. The number of hydrogen-bond acceptors (Lipinski definition) is 7. The zero-order valence-corrected chi connectivity index (χ0v) is 20.2. The van der Waals surface area contributed by atoms with Crippen LogP contribution in [0.1, 0.15) is 56.6 Å². The molecule has 2 aromatic rings. The van der Waals surface area contributed by atoms with E-state index >= 15 is 0 Å². The van der Waals surface area contributed by atoms with Gasteiger partial charge in [-0.15, -0.1) is 0 Å². The summed E-state index contributed by atoms with van der Waals surface area (Å²) >= 11 is 0. The molecule has 9 heteroatoms. The van der Waals surface area contributed by atoms with Crippen LogP contribution in [0.15, 0.2) is 53.5 Å². The van der Waals surface area contributed by atoms with Crippen LogP contribution in [0.3, 0.4) is 0 Å². The zero-order chi connectivity index (χ0) is 26.0. The number of carbonyl (C=O) groups excluding carboxylic acids is 3. The number of hydrogen-bond donors (Lipinski definition) is 2. The Morgan fingerprint density at radius 3 is 2.22 bits per heavy atom. The summed E-state index contributed by atoms with van der Waals surface area (Å²) in [5.41, 5.74) is 1.74. The number of carbonyl (C=O) groups is 3. The zero-order valence-electron chi connectivity index (χ0n) is 20.2. The van der Waals surface area contributed by atoms with E-state index in [2.05, 4.69) is 10.3 Å². The minimum absolute atomic E-state index is 0.0283. The molecule has 1 aliphatic rings. The van der Waals surface area contributed by atoms with Gasteiger partial charge in [0.05, 0.1) is 12.3 Å². The van der Waals surface area contributed by atoms with E-state index in [1.165, 1.54) is 6.08 Å². The summed E-state index contributed by atoms with van der Waals surface area (Å²) in [4.78, 5) is 50.2. The topological polar surface area (TPSA) is 131 Å². The molecule has 0 aromatic heterocycles. The van der Waals surface area contributed by atoms with Crippen molar-refractivity contribution >= 4 is 35.5 Å². The average Bonchev–Trinajstić information content (AvgIpc) is 2.86. The van der Waals surface area contributed by atoms with Crippen molar-refractivity contribution in [3.63, 3.8) is 0 Å². The van der Waals surface area contributed by atoms with Crippen LogP contribution in [-0.2, 0) is 30.3 Å². The summed E-state index contributed by atoms with van der Waals surface area (Å²) in [6.45, 7) is 1.65. The molecule has 2 aromatic carbocycles. The van der Waals surface area contributed by atoms with Gasteiger partial charge in [-0.2, -0.15) is 4.99 Å². The van der Waals surface area contributed by atoms with E-state index in [-0.39, 0.29) is 25.9 Å². The lowest BCUT2D eigenvalue weighted by atomic mass is 9.74. The lowest BCUT2D eigenvalue weighted by molar-refractivity contribution is -0.171. The third-order valence-electron chi connectivity index (χ3n) is 6.29. The van der Waals surface area contributed by atoms with Gasteiger partial charge in [0.25, 0.3) is 0 Å². The summed E-state index contributed by atoms with van der Waals surface area (Å²) < 4.78 is 10.6. The van der Waals surface area contributed by atoms with Crippen LogP contribution in [-0.4, -0.2) is 41.9 Å². The highest BCUT2D eigenvalue weighted by Gasteiger charge is 2.48. The van der Waals surface area contributed by atoms with Crippen molar-refractivity contribution in [3.05, 3.63) is 59.7 Å². The molecule has 9 nitrogen and oxygen atoms in total. The number of nitrogens with zero attached hydrogens (tertiary/aromatic N) is 1. The van der Waals surface area contributed by atoms with Crippen LogP contribution in [0, 0.1) is 5.41 Å². The van der Waals surface area contributed by atoms with Crippen molar-refractivity contribution in [2.75, 3.05) is 11.9 Å². The molecule has 190 valence electrons. The second kappa shape index (κ2) is 12.7. The number of esters is 1. The molecule has 1 amide bonds. The molecule has 0 spiro atoms. The number of ether oxygens (including phenoxy) is 2. The fourth-order valence-corrected chi connectivity index (χ4v) is 4.19. The first-order valence-corrected chi connectivity index (χ1v) is 12.0. The van der Waals surface area contributed by atoms with Crippen LogP contribution in [0.4, 0.5) is 16.2 Å². The maximum atomic E-state index is 12.4. The van der Waals surface area contributed by atoms with Crippen LogP contribution in [0.25, 0.3) is 0 Å². The highest BCUT2D eigenvalue weighted by atomic mass is 16.6. The van der Waals surface area contributed by atoms with E-state index < -0.39 is 29.6 Å².